The Bertz CT molecular complexity index is 1350. The van der Waals surface area contributed by atoms with Gasteiger partial charge in [0.1, 0.15) is 6.04 Å². The van der Waals surface area contributed by atoms with E-state index in [1.165, 1.54) is 0 Å². The first-order chi connectivity index (χ1) is 17.3. The number of carbonyl (C=O) groups is 2. The summed E-state index contributed by atoms with van der Waals surface area (Å²) in [5.74, 6) is -0.679. The number of aromatic nitrogens is 1. The van der Waals surface area contributed by atoms with Gasteiger partial charge in [-0.05, 0) is 47.7 Å². The summed E-state index contributed by atoms with van der Waals surface area (Å²) in [5.41, 5.74) is 10.5. The lowest BCUT2D eigenvalue weighted by atomic mass is 9.99. The molecule has 0 saturated carbocycles. The van der Waals surface area contributed by atoms with Crippen LogP contribution in [0.25, 0.3) is 22.0 Å². The molecule has 186 valence electrons. The van der Waals surface area contributed by atoms with E-state index in [4.69, 9.17) is 5.73 Å². The Morgan fingerprint density at radius 2 is 1.67 bits per heavy atom. The van der Waals surface area contributed by atoms with Crippen LogP contribution in [0.5, 0.6) is 0 Å². The molecule has 2 amide bonds. The molecule has 0 bridgehead atoms. The highest BCUT2D eigenvalue weighted by molar-refractivity contribution is 5.92. The molecule has 36 heavy (non-hydrogen) atoms. The molecule has 4 aromatic rings. The zero-order chi connectivity index (χ0) is 25.7. The Balaban J connectivity index is 1.47. The Morgan fingerprint density at radius 1 is 0.972 bits per heavy atom. The van der Waals surface area contributed by atoms with Gasteiger partial charge in [-0.3, -0.25) is 9.59 Å². The molecule has 0 aliphatic heterocycles. The summed E-state index contributed by atoms with van der Waals surface area (Å²) < 4.78 is 0. The van der Waals surface area contributed by atoms with Crippen molar-refractivity contribution in [2.45, 2.75) is 45.0 Å². The third kappa shape index (κ3) is 5.82. The van der Waals surface area contributed by atoms with Crippen molar-refractivity contribution in [2.75, 3.05) is 0 Å². The molecule has 0 unspecified atom stereocenters. The molecule has 3 aromatic carbocycles. The number of H-pyrrole nitrogens is 1. The summed E-state index contributed by atoms with van der Waals surface area (Å²) >= 11 is 0. The number of aromatic amines is 1. The van der Waals surface area contributed by atoms with Crippen molar-refractivity contribution in [3.8, 4) is 11.1 Å². The number of benzene rings is 3. The number of carbonyl (C=O) groups excluding carboxylic acids is 2. The fourth-order valence-electron chi connectivity index (χ4n) is 4.13. The summed E-state index contributed by atoms with van der Waals surface area (Å²) in [6, 6.07) is 22.6. The first kappa shape index (κ1) is 25.2. The van der Waals surface area contributed by atoms with Gasteiger partial charge in [-0.2, -0.15) is 0 Å². The van der Waals surface area contributed by atoms with Crippen LogP contribution in [-0.4, -0.2) is 33.5 Å². The van der Waals surface area contributed by atoms with Gasteiger partial charge in [-0.15, -0.1) is 0 Å². The van der Waals surface area contributed by atoms with Crippen LogP contribution in [0.4, 0.5) is 0 Å². The zero-order valence-electron chi connectivity index (χ0n) is 20.5. The predicted molar refractivity (Wildman–Crippen MR) is 142 cm³/mol. The Labute approximate surface area is 210 Å². The fraction of sp³-hybridized carbons (Fsp3) is 0.241. The summed E-state index contributed by atoms with van der Waals surface area (Å²) in [5, 5.41) is 16.4. The average Bonchev–Trinajstić information content (AvgIpc) is 3.29. The maximum absolute atomic E-state index is 13.2. The van der Waals surface area contributed by atoms with Crippen molar-refractivity contribution in [3.05, 3.63) is 95.7 Å². The van der Waals surface area contributed by atoms with Crippen molar-refractivity contribution >= 4 is 22.7 Å². The third-order valence-corrected chi connectivity index (χ3v) is 6.23. The number of aliphatic hydroxyl groups excluding tert-OH is 1. The van der Waals surface area contributed by atoms with E-state index in [1.54, 1.807) is 13.8 Å². The van der Waals surface area contributed by atoms with E-state index in [2.05, 4.69) is 15.6 Å². The Hall–Kier alpha value is -3.94. The van der Waals surface area contributed by atoms with E-state index in [1.807, 2.05) is 79.0 Å². The first-order valence-corrected chi connectivity index (χ1v) is 12.0. The zero-order valence-corrected chi connectivity index (χ0v) is 20.5. The molecule has 0 fully saturated rings. The lowest BCUT2D eigenvalue weighted by molar-refractivity contribution is -0.131. The summed E-state index contributed by atoms with van der Waals surface area (Å²) in [6.45, 7) is 3.50. The smallest absolute Gasteiger partial charge is 0.243 e. The molecule has 0 radical (unpaired) electrons. The minimum absolute atomic E-state index is 0.0306. The molecule has 1 atom stereocenters. The minimum atomic E-state index is -1.11. The molecule has 4 rings (SSSR count). The number of hydrogen-bond donors (Lipinski definition) is 5. The van der Waals surface area contributed by atoms with E-state index < -0.39 is 17.5 Å². The number of nitrogens with one attached hydrogen (secondary N) is 3. The van der Waals surface area contributed by atoms with Crippen LogP contribution in [0.1, 0.15) is 30.5 Å². The number of para-hydroxylation sites is 1. The maximum Gasteiger partial charge on any atom is 0.243 e. The molecule has 1 aromatic heterocycles. The number of fused-ring (bicyclic) bond motifs is 1. The standard InChI is InChI=1S/C29H32N4O3/c1-29(2,30)28(36)33-26(15-22-17-31-25-10-6-5-9-24(22)25)27(35)32-16-19-11-13-20(14-12-19)23-8-4-3-7-21(23)18-34/h3-14,17,26,31,34H,15-16,18,30H2,1-2H3,(H,32,35)(H,33,36)/t26-/m1/s1. The topological polar surface area (TPSA) is 120 Å². The van der Waals surface area contributed by atoms with Crippen LogP contribution in [0.2, 0.25) is 0 Å². The van der Waals surface area contributed by atoms with Gasteiger partial charge in [-0.1, -0.05) is 66.7 Å². The molecule has 0 aliphatic rings. The SMILES string of the molecule is CC(C)(N)C(=O)N[C@H](Cc1c[nH]c2ccccc12)C(=O)NCc1ccc(-c2ccccc2CO)cc1. The molecular formula is C29H32N4O3. The number of hydrogen-bond acceptors (Lipinski definition) is 4. The Morgan fingerprint density at radius 3 is 2.39 bits per heavy atom. The van der Waals surface area contributed by atoms with E-state index in [0.29, 0.717) is 13.0 Å². The van der Waals surface area contributed by atoms with Crippen LogP contribution in [0.15, 0.2) is 79.0 Å². The summed E-state index contributed by atoms with van der Waals surface area (Å²) in [4.78, 5) is 29.1. The quantitative estimate of drug-likeness (QED) is 0.250. The van der Waals surface area contributed by atoms with Gasteiger partial charge >= 0.3 is 0 Å². The molecule has 1 heterocycles. The van der Waals surface area contributed by atoms with Crippen molar-refractivity contribution in [1.29, 1.82) is 0 Å². The van der Waals surface area contributed by atoms with Crippen LogP contribution in [0, 0.1) is 0 Å². The Kier molecular flexibility index (Phi) is 7.52. The lowest BCUT2D eigenvalue weighted by Gasteiger charge is -2.24. The summed E-state index contributed by atoms with van der Waals surface area (Å²) in [7, 11) is 0. The highest BCUT2D eigenvalue weighted by Crippen LogP contribution is 2.24. The van der Waals surface area contributed by atoms with Crippen LogP contribution in [0.3, 0.4) is 0 Å². The lowest BCUT2D eigenvalue weighted by Crippen LogP contribution is -2.56. The molecule has 0 spiro atoms. The van der Waals surface area contributed by atoms with Crippen molar-refractivity contribution in [1.82, 2.24) is 15.6 Å². The van der Waals surface area contributed by atoms with Crippen molar-refractivity contribution < 1.29 is 14.7 Å². The van der Waals surface area contributed by atoms with Crippen molar-refractivity contribution in [2.24, 2.45) is 5.73 Å². The van der Waals surface area contributed by atoms with Crippen LogP contribution in [-0.2, 0) is 29.2 Å². The van der Waals surface area contributed by atoms with Gasteiger partial charge in [0.15, 0.2) is 0 Å². The van der Waals surface area contributed by atoms with Gasteiger partial charge in [0.05, 0.1) is 12.1 Å². The molecule has 7 heteroatoms. The monoisotopic (exact) mass is 484 g/mol. The van der Waals surface area contributed by atoms with Gasteiger partial charge < -0.3 is 26.5 Å². The van der Waals surface area contributed by atoms with Gasteiger partial charge in [0, 0.05) is 30.1 Å². The second-order valence-corrected chi connectivity index (χ2v) is 9.54. The average molecular weight is 485 g/mol. The van der Waals surface area contributed by atoms with Crippen LogP contribution >= 0.6 is 0 Å². The number of amides is 2. The highest BCUT2D eigenvalue weighted by atomic mass is 16.3. The number of nitrogens with two attached hydrogens (primary N) is 1. The molecule has 7 nitrogen and oxygen atoms in total. The second-order valence-electron chi connectivity index (χ2n) is 9.54. The van der Waals surface area contributed by atoms with Crippen molar-refractivity contribution in [3.63, 3.8) is 0 Å². The minimum Gasteiger partial charge on any atom is -0.392 e. The van der Waals surface area contributed by atoms with Gasteiger partial charge in [-0.25, -0.2) is 0 Å². The normalized spacial score (nSPS) is 12.3. The van der Waals surface area contributed by atoms with E-state index in [0.717, 1.165) is 38.7 Å². The van der Waals surface area contributed by atoms with Gasteiger partial charge in [0.25, 0.3) is 0 Å². The number of rotatable bonds is 9. The van der Waals surface area contributed by atoms with Crippen LogP contribution < -0.4 is 16.4 Å². The molecular weight excluding hydrogens is 452 g/mol. The van der Waals surface area contributed by atoms with Gasteiger partial charge in [0.2, 0.25) is 11.8 Å². The number of aliphatic hydroxyl groups is 1. The molecule has 6 N–H and O–H groups in total. The third-order valence-electron chi connectivity index (χ3n) is 6.23. The molecule has 0 saturated heterocycles. The van der Waals surface area contributed by atoms with E-state index in [9.17, 15) is 14.7 Å². The summed E-state index contributed by atoms with van der Waals surface area (Å²) in [6.07, 6.45) is 2.20. The first-order valence-electron chi connectivity index (χ1n) is 12.0. The predicted octanol–water partition coefficient (Wildman–Crippen LogP) is 3.41. The van der Waals surface area contributed by atoms with E-state index in [-0.39, 0.29) is 12.5 Å². The molecule has 0 aliphatic carbocycles. The second kappa shape index (κ2) is 10.8. The highest BCUT2D eigenvalue weighted by Gasteiger charge is 2.28. The largest absolute Gasteiger partial charge is 0.392 e. The van der Waals surface area contributed by atoms with E-state index >= 15 is 0 Å². The fourth-order valence-corrected chi connectivity index (χ4v) is 4.13. The maximum atomic E-state index is 13.2.